The van der Waals surface area contributed by atoms with E-state index in [-0.39, 0.29) is 22.2 Å². The second-order valence-electron chi connectivity index (χ2n) is 5.15. The molecule has 0 fully saturated rings. The molecule has 0 heterocycles. The average molecular weight is 396 g/mol. The van der Waals surface area contributed by atoms with E-state index in [9.17, 15) is 18.8 Å². The van der Waals surface area contributed by atoms with Gasteiger partial charge in [-0.05, 0) is 36.4 Å². The third kappa shape index (κ3) is 5.96. The van der Waals surface area contributed by atoms with Crippen LogP contribution in [0, 0.1) is 5.82 Å². The SMILES string of the molecule is COc1cc(C=O)ccc1OCC(=O)OCC(=O)Nc1cc(Cl)ccc1F. The summed E-state index contributed by atoms with van der Waals surface area (Å²) < 4.78 is 28.6. The first-order chi connectivity index (χ1) is 12.9. The zero-order valence-electron chi connectivity index (χ0n) is 14.2. The molecule has 7 nitrogen and oxygen atoms in total. The third-order valence-electron chi connectivity index (χ3n) is 3.24. The Morgan fingerprint density at radius 2 is 1.93 bits per heavy atom. The number of rotatable bonds is 8. The number of carbonyl (C=O) groups is 3. The summed E-state index contributed by atoms with van der Waals surface area (Å²) in [5, 5.41) is 2.48. The highest BCUT2D eigenvalue weighted by molar-refractivity contribution is 6.30. The largest absolute Gasteiger partial charge is 0.493 e. The number of benzene rings is 2. The molecular formula is C18H15ClFNO6. The van der Waals surface area contributed by atoms with E-state index in [1.165, 1.54) is 37.4 Å². The number of amides is 1. The number of methoxy groups -OCH3 is 1. The summed E-state index contributed by atoms with van der Waals surface area (Å²) in [5.74, 6) is -1.74. The first kappa shape index (κ1) is 20.2. The lowest BCUT2D eigenvalue weighted by atomic mass is 10.2. The van der Waals surface area contributed by atoms with Gasteiger partial charge in [-0.15, -0.1) is 0 Å². The normalized spacial score (nSPS) is 10.0. The maximum absolute atomic E-state index is 13.5. The van der Waals surface area contributed by atoms with Gasteiger partial charge < -0.3 is 19.5 Å². The molecule has 142 valence electrons. The molecule has 0 aliphatic rings. The van der Waals surface area contributed by atoms with Crippen LogP contribution in [0.5, 0.6) is 11.5 Å². The van der Waals surface area contributed by atoms with E-state index in [1.54, 1.807) is 0 Å². The van der Waals surface area contributed by atoms with Crippen LogP contribution in [-0.2, 0) is 14.3 Å². The van der Waals surface area contributed by atoms with E-state index >= 15 is 0 Å². The Morgan fingerprint density at radius 3 is 2.63 bits per heavy atom. The first-order valence-corrected chi connectivity index (χ1v) is 7.97. The standard InChI is InChI=1S/C18H15ClFNO6/c1-25-16-6-11(8-22)2-5-15(16)26-10-18(24)27-9-17(23)21-14-7-12(19)3-4-13(14)20/h2-8H,9-10H2,1H3,(H,21,23). The van der Waals surface area contributed by atoms with Gasteiger partial charge in [-0.25, -0.2) is 9.18 Å². The fraction of sp³-hybridized carbons (Fsp3) is 0.167. The van der Waals surface area contributed by atoms with Crippen LogP contribution < -0.4 is 14.8 Å². The molecule has 0 radical (unpaired) electrons. The number of esters is 1. The second kappa shape index (κ2) is 9.54. The predicted octanol–water partition coefficient (Wildman–Crippen LogP) is 2.86. The van der Waals surface area contributed by atoms with E-state index in [1.807, 2.05) is 0 Å². The zero-order valence-corrected chi connectivity index (χ0v) is 14.9. The molecule has 2 rings (SSSR count). The van der Waals surface area contributed by atoms with Crippen LogP contribution in [0.1, 0.15) is 10.4 Å². The minimum atomic E-state index is -0.821. The summed E-state index contributed by atoms with van der Waals surface area (Å²) >= 11 is 5.72. The number of anilines is 1. The van der Waals surface area contributed by atoms with Crippen LogP contribution in [0.2, 0.25) is 5.02 Å². The molecule has 0 aliphatic heterocycles. The molecule has 0 spiro atoms. The van der Waals surface area contributed by atoms with Crippen molar-refractivity contribution >= 4 is 35.5 Å². The third-order valence-corrected chi connectivity index (χ3v) is 3.47. The molecule has 2 aromatic rings. The van der Waals surface area contributed by atoms with Gasteiger partial charge >= 0.3 is 5.97 Å². The fourth-order valence-electron chi connectivity index (χ4n) is 1.98. The van der Waals surface area contributed by atoms with Crippen molar-refractivity contribution in [2.24, 2.45) is 0 Å². The molecule has 0 saturated heterocycles. The Morgan fingerprint density at radius 1 is 1.15 bits per heavy atom. The number of hydrogen-bond acceptors (Lipinski definition) is 6. The Balaban J connectivity index is 1.83. The summed E-state index contributed by atoms with van der Waals surface area (Å²) in [7, 11) is 1.38. The minimum Gasteiger partial charge on any atom is -0.493 e. The monoisotopic (exact) mass is 395 g/mol. The van der Waals surface area contributed by atoms with Crippen molar-refractivity contribution in [2.45, 2.75) is 0 Å². The van der Waals surface area contributed by atoms with Gasteiger partial charge in [0.1, 0.15) is 12.1 Å². The lowest BCUT2D eigenvalue weighted by molar-refractivity contribution is -0.149. The predicted molar refractivity (Wildman–Crippen MR) is 94.9 cm³/mol. The maximum Gasteiger partial charge on any atom is 0.344 e. The van der Waals surface area contributed by atoms with Gasteiger partial charge in [0.2, 0.25) is 0 Å². The summed E-state index contributed by atoms with van der Waals surface area (Å²) in [6, 6.07) is 8.06. The van der Waals surface area contributed by atoms with Gasteiger partial charge in [-0.2, -0.15) is 0 Å². The van der Waals surface area contributed by atoms with Gasteiger partial charge in [-0.3, -0.25) is 9.59 Å². The van der Waals surface area contributed by atoms with Crippen molar-refractivity contribution in [3.63, 3.8) is 0 Å². The van der Waals surface area contributed by atoms with E-state index in [2.05, 4.69) is 5.32 Å². The van der Waals surface area contributed by atoms with Crippen molar-refractivity contribution < 1.29 is 33.0 Å². The fourth-order valence-corrected chi connectivity index (χ4v) is 2.15. The summed E-state index contributed by atoms with van der Waals surface area (Å²) in [4.78, 5) is 34.2. The summed E-state index contributed by atoms with van der Waals surface area (Å²) in [5.41, 5.74) is 0.256. The van der Waals surface area contributed by atoms with Crippen molar-refractivity contribution in [1.29, 1.82) is 0 Å². The van der Waals surface area contributed by atoms with Crippen LogP contribution in [0.4, 0.5) is 10.1 Å². The molecule has 0 aromatic heterocycles. The molecule has 0 bridgehead atoms. The number of ether oxygens (including phenoxy) is 3. The highest BCUT2D eigenvalue weighted by Gasteiger charge is 2.13. The lowest BCUT2D eigenvalue weighted by Crippen LogP contribution is -2.24. The van der Waals surface area contributed by atoms with Crippen molar-refractivity contribution in [3.05, 3.63) is 52.8 Å². The van der Waals surface area contributed by atoms with Crippen molar-refractivity contribution in [3.8, 4) is 11.5 Å². The first-order valence-electron chi connectivity index (χ1n) is 7.59. The minimum absolute atomic E-state index is 0.125. The van der Waals surface area contributed by atoms with E-state index in [0.717, 1.165) is 6.07 Å². The molecule has 0 unspecified atom stereocenters. The van der Waals surface area contributed by atoms with Crippen LogP contribution in [0.15, 0.2) is 36.4 Å². The molecule has 9 heteroatoms. The number of halogens is 2. The lowest BCUT2D eigenvalue weighted by Gasteiger charge is -2.11. The molecule has 0 aliphatic carbocycles. The molecule has 1 N–H and O–H groups in total. The molecule has 27 heavy (non-hydrogen) atoms. The molecule has 0 saturated carbocycles. The molecule has 2 aromatic carbocycles. The maximum atomic E-state index is 13.5. The van der Waals surface area contributed by atoms with Crippen LogP contribution >= 0.6 is 11.6 Å². The van der Waals surface area contributed by atoms with Crippen molar-refractivity contribution in [1.82, 2.24) is 0 Å². The second-order valence-corrected chi connectivity index (χ2v) is 5.59. The number of hydrogen-bond donors (Lipinski definition) is 1. The van der Waals surface area contributed by atoms with Crippen molar-refractivity contribution in [2.75, 3.05) is 25.6 Å². The highest BCUT2D eigenvalue weighted by Crippen LogP contribution is 2.27. The van der Waals surface area contributed by atoms with Gasteiger partial charge in [0.25, 0.3) is 5.91 Å². The Hall–Kier alpha value is -3.13. The van der Waals surface area contributed by atoms with Crippen LogP contribution in [0.25, 0.3) is 0 Å². The zero-order chi connectivity index (χ0) is 19.8. The number of aldehydes is 1. The Kier molecular flexibility index (Phi) is 7.13. The smallest absolute Gasteiger partial charge is 0.344 e. The van der Waals surface area contributed by atoms with E-state index in [0.29, 0.717) is 11.8 Å². The summed E-state index contributed by atoms with van der Waals surface area (Å²) in [6.45, 7) is -1.12. The summed E-state index contributed by atoms with van der Waals surface area (Å²) in [6.07, 6.45) is 0.641. The van der Waals surface area contributed by atoms with E-state index in [4.69, 9.17) is 25.8 Å². The average Bonchev–Trinajstić information content (AvgIpc) is 2.67. The van der Waals surface area contributed by atoms with Gasteiger partial charge in [0.05, 0.1) is 12.8 Å². The Bertz CT molecular complexity index is 858. The number of carbonyl (C=O) groups excluding carboxylic acids is 3. The van der Waals surface area contributed by atoms with Gasteiger partial charge in [-0.1, -0.05) is 11.6 Å². The highest BCUT2D eigenvalue weighted by atomic mass is 35.5. The Labute approximate surface area is 159 Å². The molecule has 0 atom stereocenters. The van der Waals surface area contributed by atoms with E-state index < -0.39 is 30.9 Å². The van der Waals surface area contributed by atoms with Gasteiger partial charge in [0.15, 0.2) is 24.7 Å². The quantitative estimate of drug-likeness (QED) is 0.546. The molecular weight excluding hydrogens is 381 g/mol. The van der Waals surface area contributed by atoms with Crippen LogP contribution in [-0.4, -0.2) is 38.5 Å². The van der Waals surface area contributed by atoms with Crippen LogP contribution in [0.3, 0.4) is 0 Å². The molecule has 1 amide bonds. The van der Waals surface area contributed by atoms with Gasteiger partial charge in [0, 0.05) is 10.6 Å². The number of nitrogens with one attached hydrogen (secondary N) is 1. The topological polar surface area (TPSA) is 90.9 Å².